The number of hydrogen-bond donors (Lipinski definition) is 1. The molecule has 1 saturated carbocycles. The van der Waals surface area contributed by atoms with Gasteiger partial charge in [-0.3, -0.25) is 4.79 Å². The summed E-state index contributed by atoms with van der Waals surface area (Å²) in [6.07, 6.45) is 4.79. The first-order valence-corrected chi connectivity index (χ1v) is 10.7. The molecule has 29 heavy (non-hydrogen) atoms. The molecule has 5 nitrogen and oxygen atoms in total. The molecule has 4 rings (SSSR count). The standard InChI is InChI=1S/C24H30N2O3/c27-24(26-14-12-21(13-15-26)25-16-19-10-11-19)18-29-23-9-5-4-8-22(23)28-17-20-6-2-1-3-7-20/h1-9,19,21,25H,10-18H2. The van der Waals surface area contributed by atoms with Gasteiger partial charge in [0.15, 0.2) is 18.1 Å². The highest BCUT2D eigenvalue weighted by Gasteiger charge is 2.26. The van der Waals surface area contributed by atoms with Crippen LogP contribution in [0.3, 0.4) is 0 Å². The van der Waals surface area contributed by atoms with Crippen molar-refractivity contribution in [2.24, 2.45) is 5.92 Å². The number of nitrogens with zero attached hydrogens (tertiary/aromatic N) is 1. The molecule has 1 N–H and O–H groups in total. The van der Waals surface area contributed by atoms with E-state index in [1.165, 1.54) is 12.8 Å². The zero-order chi connectivity index (χ0) is 19.9. The molecule has 0 bridgehead atoms. The molecule has 0 unspecified atom stereocenters. The van der Waals surface area contributed by atoms with Crippen molar-refractivity contribution in [1.29, 1.82) is 0 Å². The van der Waals surface area contributed by atoms with Crippen LogP contribution < -0.4 is 14.8 Å². The normalized spacial score (nSPS) is 17.2. The number of carbonyl (C=O) groups excluding carboxylic acids is 1. The van der Waals surface area contributed by atoms with Gasteiger partial charge in [-0.1, -0.05) is 42.5 Å². The van der Waals surface area contributed by atoms with E-state index in [-0.39, 0.29) is 12.5 Å². The van der Waals surface area contributed by atoms with Crippen LogP contribution in [-0.4, -0.2) is 43.1 Å². The van der Waals surface area contributed by atoms with Crippen LogP contribution in [0.5, 0.6) is 11.5 Å². The number of benzene rings is 2. The van der Waals surface area contributed by atoms with E-state index in [0.29, 0.717) is 24.1 Å². The van der Waals surface area contributed by atoms with Gasteiger partial charge >= 0.3 is 0 Å². The first-order valence-electron chi connectivity index (χ1n) is 10.7. The van der Waals surface area contributed by atoms with Crippen LogP contribution in [-0.2, 0) is 11.4 Å². The Morgan fingerprint density at radius 3 is 2.24 bits per heavy atom. The van der Waals surface area contributed by atoms with Crippen molar-refractivity contribution in [2.45, 2.75) is 38.3 Å². The second-order valence-corrected chi connectivity index (χ2v) is 8.02. The van der Waals surface area contributed by atoms with E-state index in [1.807, 2.05) is 59.5 Å². The van der Waals surface area contributed by atoms with Gasteiger partial charge in [0.25, 0.3) is 5.91 Å². The lowest BCUT2D eigenvalue weighted by atomic mass is 10.0. The summed E-state index contributed by atoms with van der Waals surface area (Å²) >= 11 is 0. The van der Waals surface area contributed by atoms with E-state index in [4.69, 9.17) is 9.47 Å². The molecule has 0 spiro atoms. The zero-order valence-corrected chi connectivity index (χ0v) is 16.9. The Labute approximate surface area is 173 Å². The fraction of sp³-hybridized carbons (Fsp3) is 0.458. The van der Waals surface area contributed by atoms with E-state index in [1.54, 1.807) is 0 Å². The molecule has 2 aromatic carbocycles. The maximum Gasteiger partial charge on any atom is 0.260 e. The minimum atomic E-state index is 0.0449. The van der Waals surface area contributed by atoms with Gasteiger partial charge in [-0.05, 0) is 55.8 Å². The molecule has 0 atom stereocenters. The summed E-state index contributed by atoms with van der Waals surface area (Å²) in [5.41, 5.74) is 1.09. The minimum absolute atomic E-state index is 0.0449. The van der Waals surface area contributed by atoms with Gasteiger partial charge in [-0.15, -0.1) is 0 Å². The van der Waals surface area contributed by atoms with Crippen molar-refractivity contribution in [3.63, 3.8) is 0 Å². The van der Waals surface area contributed by atoms with E-state index < -0.39 is 0 Å². The Bertz CT molecular complexity index is 784. The summed E-state index contributed by atoms with van der Waals surface area (Å²) in [6, 6.07) is 18.1. The van der Waals surface area contributed by atoms with Crippen molar-refractivity contribution >= 4 is 5.91 Å². The molecule has 5 heteroatoms. The highest BCUT2D eigenvalue weighted by molar-refractivity contribution is 5.78. The SMILES string of the molecule is O=C(COc1ccccc1OCc1ccccc1)N1CCC(NCC2CC2)CC1. The second kappa shape index (κ2) is 9.79. The summed E-state index contributed by atoms with van der Waals surface area (Å²) in [6.45, 7) is 3.26. The van der Waals surface area contributed by atoms with Crippen LogP contribution in [0.2, 0.25) is 0 Å². The Hall–Kier alpha value is -2.53. The summed E-state index contributed by atoms with van der Waals surface area (Å²) in [5.74, 6) is 2.21. The number of carbonyl (C=O) groups is 1. The molecule has 2 aliphatic rings. The number of rotatable bonds is 9. The van der Waals surface area contributed by atoms with Crippen molar-refractivity contribution in [3.05, 3.63) is 60.2 Å². The fourth-order valence-electron chi connectivity index (χ4n) is 3.64. The van der Waals surface area contributed by atoms with Crippen molar-refractivity contribution in [3.8, 4) is 11.5 Å². The number of nitrogens with one attached hydrogen (secondary N) is 1. The van der Waals surface area contributed by atoms with E-state index in [9.17, 15) is 4.79 Å². The molecule has 2 aromatic rings. The predicted molar refractivity (Wildman–Crippen MR) is 113 cm³/mol. The summed E-state index contributed by atoms with van der Waals surface area (Å²) < 4.78 is 11.7. The largest absolute Gasteiger partial charge is 0.485 e. The number of hydrogen-bond acceptors (Lipinski definition) is 4. The van der Waals surface area contributed by atoms with Crippen LogP contribution in [0.25, 0.3) is 0 Å². The number of amides is 1. The van der Waals surface area contributed by atoms with Gasteiger partial charge in [-0.25, -0.2) is 0 Å². The van der Waals surface area contributed by atoms with Gasteiger partial charge < -0.3 is 19.7 Å². The van der Waals surface area contributed by atoms with Crippen molar-refractivity contribution < 1.29 is 14.3 Å². The quantitative estimate of drug-likeness (QED) is 0.706. The third-order valence-corrected chi connectivity index (χ3v) is 5.68. The number of ether oxygens (including phenoxy) is 2. The number of piperidine rings is 1. The van der Waals surface area contributed by atoms with Crippen molar-refractivity contribution in [2.75, 3.05) is 26.2 Å². The highest BCUT2D eigenvalue weighted by atomic mass is 16.5. The fourth-order valence-corrected chi connectivity index (χ4v) is 3.64. The summed E-state index contributed by atoms with van der Waals surface area (Å²) in [4.78, 5) is 14.5. The lowest BCUT2D eigenvalue weighted by Crippen LogP contribution is -2.46. The molecule has 154 valence electrons. The van der Waals surface area contributed by atoms with Gasteiger partial charge in [0.2, 0.25) is 0 Å². The first kappa shape index (κ1) is 19.8. The van der Waals surface area contributed by atoms with E-state index >= 15 is 0 Å². The summed E-state index contributed by atoms with van der Waals surface area (Å²) in [7, 11) is 0. The molecule has 1 saturated heterocycles. The maximum absolute atomic E-state index is 12.6. The second-order valence-electron chi connectivity index (χ2n) is 8.02. The molecular formula is C24H30N2O3. The average Bonchev–Trinajstić information content (AvgIpc) is 3.61. The first-order chi connectivity index (χ1) is 14.3. The Morgan fingerprint density at radius 2 is 1.55 bits per heavy atom. The third kappa shape index (κ3) is 5.97. The lowest BCUT2D eigenvalue weighted by Gasteiger charge is -2.32. The van der Waals surface area contributed by atoms with Gasteiger partial charge in [0.1, 0.15) is 6.61 Å². The average molecular weight is 395 g/mol. The Kier molecular flexibility index (Phi) is 6.67. The van der Waals surface area contributed by atoms with Crippen LogP contribution in [0.15, 0.2) is 54.6 Å². The molecule has 1 amide bonds. The molecule has 1 aliphatic heterocycles. The number of para-hydroxylation sites is 2. The lowest BCUT2D eigenvalue weighted by molar-refractivity contribution is -0.134. The van der Waals surface area contributed by atoms with Crippen LogP contribution in [0.4, 0.5) is 0 Å². The van der Waals surface area contributed by atoms with Gasteiger partial charge in [-0.2, -0.15) is 0 Å². The molecule has 1 heterocycles. The van der Waals surface area contributed by atoms with Gasteiger partial charge in [0, 0.05) is 19.1 Å². The monoisotopic (exact) mass is 394 g/mol. The summed E-state index contributed by atoms with van der Waals surface area (Å²) in [5, 5.41) is 3.65. The predicted octanol–water partition coefficient (Wildman–Crippen LogP) is 3.64. The molecular weight excluding hydrogens is 364 g/mol. The molecule has 1 aliphatic carbocycles. The third-order valence-electron chi connectivity index (χ3n) is 5.68. The smallest absolute Gasteiger partial charge is 0.260 e. The topological polar surface area (TPSA) is 50.8 Å². The van der Waals surface area contributed by atoms with E-state index in [0.717, 1.165) is 44.0 Å². The zero-order valence-electron chi connectivity index (χ0n) is 16.9. The maximum atomic E-state index is 12.6. The Morgan fingerprint density at radius 1 is 0.897 bits per heavy atom. The number of likely N-dealkylation sites (tertiary alicyclic amines) is 1. The molecule has 0 radical (unpaired) electrons. The highest BCUT2D eigenvalue weighted by Crippen LogP contribution is 2.29. The van der Waals surface area contributed by atoms with Gasteiger partial charge in [0.05, 0.1) is 0 Å². The van der Waals surface area contributed by atoms with Crippen LogP contribution in [0.1, 0.15) is 31.2 Å². The molecule has 0 aromatic heterocycles. The minimum Gasteiger partial charge on any atom is -0.485 e. The van der Waals surface area contributed by atoms with Crippen LogP contribution in [0, 0.1) is 5.92 Å². The van der Waals surface area contributed by atoms with Crippen molar-refractivity contribution in [1.82, 2.24) is 10.2 Å². The molecule has 2 fully saturated rings. The Balaban J connectivity index is 1.23. The van der Waals surface area contributed by atoms with E-state index in [2.05, 4.69) is 5.32 Å². The van der Waals surface area contributed by atoms with Crippen LogP contribution >= 0.6 is 0 Å².